The van der Waals surface area contributed by atoms with Crippen molar-refractivity contribution in [2.24, 2.45) is 11.3 Å². The lowest BCUT2D eigenvalue weighted by Gasteiger charge is -2.43. The van der Waals surface area contributed by atoms with Crippen molar-refractivity contribution in [1.29, 1.82) is 0 Å². The SMILES string of the molecule is COCCN(CC1(CNC2CC2)CCC(C)CC1)C1CC1. The molecule has 3 heteroatoms. The summed E-state index contributed by atoms with van der Waals surface area (Å²) in [5.41, 5.74) is 0.533. The van der Waals surface area contributed by atoms with Crippen LogP contribution in [0, 0.1) is 11.3 Å². The molecule has 0 spiro atoms. The first kappa shape index (κ1) is 15.8. The van der Waals surface area contributed by atoms with Crippen LogP contribution in [0.25, 0.3) is 0 Å². The highest BCUT2D eigenvalue weighted by atomic mass is 16.5. The lowest BCUT2D eigenvalue weighted by molar-refractivity contribution is 0.0637. The summed E-state index contributed by atoms with van der Waals surface area (Å²) >= 11 is 0. The van der Waals surface area contributed by atoms with Crippen LogP contribution in [0.3, 0.4) is 0 Å². The van der Waals surface area contributed by atoms with E-state index >= 15 is 0 Å². The van der Waals surface area contributed by atoms with Gasteiger partial charge in [0.2, 0.25) is 0 Å². The molecular formula is C18H34N2O. The Hall–Kier alpha value is -0.120. The average Bonchev–Trinajstić information content (AvgIpc) is 3.38. The highest BCUT2D eigenvalue weighted by molar-refractivity contribution is 4.95. The number of hydrogen-bond acceptors (Lipinski definition) is 3. The van der Waals surface area contributed by atoms with Gasteiger partial charge in [0.15, 0.2) is 0 Å². The van der Waals surface area contributed by atoms with E-state index in [0.29, 0.717) is 5.41 Å². The van der Waals surface area contributed by atoms with Crippen LogP contribution in [-0.4, -0.2) is 50.3 Å². The molecule has 3 rings (SSSR count). The van der Waals surface area contributed by atoms with Crippen LogP contribution in [0.1, 0.15) is 58.3 Å². The highest BCUT2D eigenvalue weighted by Gasteiger charge is 2.40. The zero-order valence-electron chi connectivity index (χ0n) is 14.1. The van der Waals surface area contributed by atoms with E-state index in [1.54, 1.807) is 0 Å². The molecule has 0 atom stereocenters. The van der Waals surface area contributed by atoms with E-state index in [0.717, 1.165) is 31.2 Å². The van der Waals surface area contributed by atoms with Crippen molar-refractivity contribution in [3.05, 3.63) is 0 Å². The van der Waals surface area contributed by atoms with Gasteiger partial charge in [0.25, 0.3) is 0 Å². The van der Waals surface area contributed by atoms with Crippen LogP contribution in [0.5, 0.6) is 0 Å². The van der Waals surface area contributed by atoms with Crippen molar-refractivity contribution in [3.8, 4) is 0 Å². The number of nitrogens with zero attached hydrogens (tertiary/aromatic N) is 1. The van der Waals surface area contributed by atoms with Gasteiger partial charge in [-0.1, -0.05) is 19.8 Å². The Morgan fingerprint density at radius 3 is 2.38 bits per heavy atom. The summed E-state index contributed by atoms with van der Waals surface area (Å²) < 4.78 is 5.34. The van der Waals surface area contributed by atoms with Gasteiger partial charge in [0, 0.05) is 38.8 Å². The largest absolute Gasteiger partial charge is 0.383 e. The number of ether oxygens (including phenoxy) is 1. The van der Waals surface area contributed by atoms with Crippen molar-refractivity contribution in [2.45, 2.75) is 70.4 Å². The molecular weight excluding hydrogens is 260 g/mol. The standard InChI is InChI=1S/C18H34N2O/c1-15-7-9-18(10-8-15,13-19-16-3-4-16)14-20(11-12-21-2)17-5-6-17/h15-17,19H,3-14H2,1-2H3. The third-order valence-corrected chi connectivity index (χ3v) is 5.86. The van der Waals surface area contributed by atoms with Crippen molar-refractivity contribution < 1.29 is 4.74 Å². The van der Waals surface area contributed by atoms with Crippen LogP contribution >= 0.6 is 0 Å². The second-order valence-electron chi connectivity index (χ2n) is 8.03. The third kappa shape index (κ3) is 4.67. The third-order valence-electron chi connectivity index (χ3n) is 5.86. The number of rotatable bonds is 9. The number of nitrogens with one attached hydrogen (secondary N) is 1. The predicted octanol–water partition coefficient (Wildman–Crippen LogP) is 3.05. The van der Waals surface area contributed by atoms with Gasteiger partial charge in [-0.2, -0.15) is 0 Å². The molecule has 0 amide bonds. The van der Waals surface area contributed by atoms with Gasteiger partial charge in [0.05, 0.1) is 6.61 Å². The Morgan fingerprint density at radius 1 is 1.10 bits per heavy atom. The molecule has 3 aliphatic carbocycles. The van der Waals surface area contributed by atoms with Gasteiger partial charge in [-0.05, 0) is 49.9 Å². The summed E-state index contributed by atoms with van der Waals surface area (Å²) in [5, 5.41) is 3.84. The molecule has 0 aliphatic heterocycles. The molecule has 0 heterocycles. The van der Waals surface area contributed by atoms with Crippen molar-refractivity contribution in [1.82, 2.24) is 10.2 Å². The summed E-state index contributed by atoms with van der Waals surface area (Å²) in [4.78, 5) is 2.74. The van der Waals surface area contributed by atoms with Gasteiger partial charge in [0.1, 0.15) is 0 Å². The Balaban J connectivity index is 1.58. The number of hydrogen-bond donors (Lipinski definition) is 1. The fourth-order valence-corrected chi connectivity index (χ4v) is 3.88. The van der Waals surface area contributed by atoms with Crippen molar-refractivity contribution in [2.75, 3.05) is 33.4 Å². The Bertz CT molecular complexity index is 317. The molecule has 0 aromatic carbocycles. The van der Waals surface area contributed by atoms with Gasteiger partial charge >= 0.3 is 0 Å². The van der Waals surface area contributed by atoms with Crippen molar-refractivity contribution >= 4 is 0 Å². The molecule has 21 heavy (non-hydrogen) atoms. The zero-order valence-corrected chi connectivity index (χ0v) is 14.1. The Morgan fingerprint density at radius 2 is 1.81 bits per heavy atom. The predicted molar refractivity (Wildman–Crippen MR) is 87.6 cm³/mol. The molecule has 3 aliphatic rings. The second-order valence-corrected chi connectivity index (χ2v) is 8.03. The summed E-state index contributed by atoms with van der Waals surface area (Å²) in [6, 6.07) is 1.70. The second kappa shape index (κ2) is 6.97. The first-order chi connectivity index (χ1) is 10.2. The minimum atomic E-state index is 0.533. The minimum absolute atomic E-state index is 0.533. The molecule has 1 N–H and O–H groups in total. The molecule has 0 aromatic rings. The Labute approximate surface area is 130 Å². The topological polar surface area (TPSA) is 24.5 Å². The van der Waals surface area contributed by atoms with E-state index in [1.165, 1.54) is 64.5 Å². The maximum Gasteiger partial charge on any atom is 0.0589 e. The molecule has 0 saturated heterocycles. The first-order valence-corrected chi connectivity index (χ1v) is 9.17. The summed E-state index contributed by atoms with van der Waals surface area (Å²) in [5.74, 6) is 0.937. The first-order valence-electron chi connectivity index (χ1n) is 9.17. The molecule has 3 fully saturated rings. The minimum Gasteiger partial charge on any atom is -0.383 e. The van der Waals surface area contributed by atoms with Crippen LogP contribution in [-0.2, 0) is 4.74 Å². The highest BCUT2D eigenvalue weighted by Crippen LogP contribution is 2.41. The van der Waals surface area contributed by atoms with Crippen LogP contribution in [0.4, 0.5) is 0 Å². The van der Waals surface area contributed by atoms with Gasteiger partial charge < -0.3 is 10.1 Å². The molecule has 3 nitrogen and oxygen atoms in total. The lowest BCUT2D eigenvalue weighted by atomic mass is 9.70. The van der Waals surface area contributed by atoms with E-state index in [9.17, 15) is 0 Å². The summed E-state index contributed by atoms with van der Waals surface area (Å²) in [6.07, 6.45) is 11.3. The lowest BCUT2D eigenvalue weighted by Crippen LogP contribution is -2.48. The molecule has 0 aromatic heterocycles. The fraction of sp³-hybridized carbons (Fsp3) is 1.00. The molecule has 0 unspecified atom stereocenters. The average molecular weight is 294 g/mol. The fourth-order valence-electron chi connectivity index (χ4n) is 3.88. The van der Waals surface area contributed by atoms with E-state index in [-0.39, 0.29) is 0 Å². The Kier molecular flexibility index (Phi) is 5.23. The van der Waals surface area contributed by atoms with Gasteiger partial charge in [-0.25, -0.2) is 0 Å². The normalized spacial score (nSPS) is 33.6. The molecule has 3 saturated carbocycles. The summed E-state index contributed by atoms with van der Waals surface area (Å²) in [6.45, 7) is 7.00. The molecule has 122 valence electrons. The maximum atomic E-state index is 5.34. The van der Waals surface area contributed by atoms with Crippen molar-refractivity contribution in [3.63, 3.8) is 0 Å². The maximum absolute atomic E-state index is 5.34. The van der Waals surface area contributed by atoms with E-state index in [4.69, 9.17) is 4.74 Å². The van der Waals surface area contributed by atoms with Crippen LogP contribution < -0.4 is 5.32 Å². The summed E-state index contributed by atoms with van der Waals surface area (Å²) in [7, 11) is 1.83. The van der Waals surface area contributed by atoms with E-state index < -0.39 is 0 Å². The van der Waals surface area contributed by atoms with E-state index in [2.05, 4.69) is 17.1 Å². The van der Waals surface area contributed by atoms with E-state index in [1.807, 2.05) is 7.11 Å². The quantitative estimate of drug-likeness (QED) is 0.707. The zero-order chi connectivity index (χ0) is 14.7. The van der Waals surface area contributed by atoms with Crippen LogP contribution in [0.15, 0.2) is 0 Å². The molecule has 0 radical (unpaired) electrons. The van der Waals surface area contributed by atoms with Gasteiger partial charge in [-0.3, -0.25) is 4.90 Å². The number of methoxy groups -OCH3 is 1. The van der Waals surface area contributed by atoms with Gasteiger partial charge in [-0.15, -0.1) is 0 Å². The smallest absolute Gasteiger partial charge is 0.0589 e. The monoisotopic (exact) mass is 294 g/mol. The van der Waals surface area contributed by atoms with Crippen LogP contribution in [0.2, 0.25) is 0 Å². The molecule has 0 bridgehead atoms.